The Kier molecular flexibility index (Phi) is 18.9. The first-order chi connectivity index (χ1) is 13.6. The number of amides is 1. The van der Waals surface area contributed by atoms with Gasteiger partial charge in [-0.05, 0) is 51.4 Å². The van der Waals surface area contributed by atoms with Gasteiger partial charge in [-0.2, -0.15) is 0 Å². The second-order valence-corrected chi connectivity index (χ2v) is 7.58. The van der Waals surface area contributed by atoms with E-state index in [-0.39, 0.29) is 18.9 Å². The molecule has 5 nitrogen and oxygen atoms in total. The van der Waals surface area contributed by atoms with Crippen molar-refractivity contribution >= 4 is 17.6 Å². The van der Waals surface area contributed by atoms with Gasteiger partial charge in [-0.25, -0.2) is 0 Å². The van der Waals surface area contributed by atoms with E-state index in [0.29, 0.717) is 6.42 Å². The van der Waals surface area contributed by atoms with Gasteiger partial charge in [-0.15, -0.1) is 0 Å². The first-order valence-electron chi connectivity index (χ1n) is 11.3. The van der Waals surface area contributed by atoms with Crippen molar-refractivity contribution in [2.75, 3.05) is 6.54 Å². The third-order valence-corrected chi connectivity index (χ3v) is 4.78. The van der Waals surface area contributed by atoms with Crippen LogP contribution in [0.15, 0.2) is 12.2 Å². The zero-order chi connectivity index (χ0) is 20.9. The van der Waals surface area contributed by atoms with Crippen LogP contribution in [0.5, 0.6) is 0 Å². The predicted octanol–water partition coefficient (Wildman–Crippen LogP) is 6.02. The van der Waals surface area contributed by atoms with Crippen LogP contribution in [-0.4, -0.2) is 29.2 Å². The van der Waals surface area contributed by atoms with Crippen LogP contribution in [0.25, 0.3) is 0 Å². The number of carboxylic acid groups (broad SMARTS) is 1. The summed E-state index contributed by atoms with van der Waals surface area (Å²) in [6.07, 6.45) is 20.6. The quantitative estimate of drug-likeness (QED) is 0.134. The number of allylic oxidation sites excluding steroid dienone is 2. The van der Waals surface area contributed by atoms with Crippen molar-refractivity contribution in [3.8, 4) is 0 Å². The van der Waals surface area contributed by atoms with Gasteiger partial charge in [0.05, 0.1) is 6.42 Å². The van der Waals surface area contributed by atoms with Gasteiger partial charge in [0.1, 0.15) is 0 Å². The maximum absolute atomic E-state index is 11.5. The molecule has 0 aliphatic carbocycles. The lowest BCUT2D eigenvalue weighted by Gasteiger charge is -2.05. The molecule has 3 N–H and O–H groups in total. The molecule has 162 valence electrons. The number of hydrogen-bond donors (Lipinski definition) is 3. The first-order valence-corrected chi connectivity index (χ1v) is 11.3. The van der Waals surface area contributed by atoms with Crippen LogP contribution in [-0.2, 0) is 9.59 Å². The fourth-order valence-electron chi connectivity index (χ4n) is 3.03. The van der Waals surface area contributed by atoms with E-state index in [4.69, 9.17) is 10.5 Å². The number of aliphatic carboxylic acids is 1. The van der Waals surface area contributed by atoms with Gasteiger partial charge in [-0.1, -0.05) is 57.6 Å². The third kappa shape index (κ3) is 20.7. The summed E-state index contributed by atoms with van der Waals surface area (Å²) in [6, 6.07) is 0. The number of unbranched alkanes of at least 4 members (excludes halogenated alkanes) is 9. The summed E-state index contributed by atoms with van der Waals surface area (Å²) >= 11 is 0. The minimum atomic E-state index is -0.889. The standard InChI is InChI=1S/C23H42N2O3/c1-2-3-4-5-6-7-8-10-13-16-21(24)17-14-11-9-12-15-18-22(26)25-20-19-23(27)28/h7-8,24H,2-6,9-20H2,1H3,(H,25,26)(H,27,28). The molecule has 0 aromatic heterocycles. The Bertz CT molecular complexity index is 447. The molecule has 0 aliphatic rings. The van der Waals surface area contributed by atoms with Crippen molar-refractivity contribution in [1.29, 1.82) is 5.41 Å². The number of carboxylic acids is 1. The van der Waals surface area contributed by atoms with Crippen LogP contribution in [0.1, 0.15) is 110 Å². The van der Waals surface area contributed by atoms with Crippen LogP contribution >= 0.6 is 0 Å². The highest BCUT2D eigenvalue weighted by Crippen LogP contribution is 2.10. The predicted molar refractivity (Wildman–Crippen MR) is 117 cm³/mol. The Hall–Kier alpha value is -1.65. The Labute approximate surface area is 171 Å². The van der Waals surface area contributed by atoms with E-state index >= 15 is 0 Å². The zero-order valence-corrected chi connectivity index (χ0v) is 17.9. The lowest BCUT2D eigenvalue weighted by Crippen LogP contribution is -2.25. The molecule has 0 atom stereocenters. The van der Waals surface area contributed by atoms with E-state index in [1.165, 1.54) is 32.1 Å². The second kappa shape index (κ2) is 20.1. The van der Waals surface area contributed by atoms with E-state index in [1.807, 2.05) is 0 Å². The minimum absolute atomic E-state index is 0.0208. The smallest absolute Gasteiger partial charge is 0.305 e. The SMILES string of the molecule is CCCCCCC=CCCCC(=N)CCCCCCCC(=O)NCCC(=O)O. The van der Waals surface area contributed by atoms with Crippen LogP contribution < -0.4 is 5.32 Å². The van der Waals surface area contributed by atoms with Crippen molar-refractivity contribution in [2.45, 2.75) is 110 Å². The summed E-state index contributed by atoms with van der Waals surface area (Å²) in [5, 5.41) is 19.2. The van der Waals surface area contributed by atoms with Crippen LogP contribution in [0.2, 0.25) is 0 Å². The summed E-state index contributed by atoms with van der Waals surface area (Å²) in [5.74, 6) is -0.946. The molecule has 0 aromatic carbocycles. The highest BCUT2D eigenvalue weighted by molar-refractivity contribution is 5.81. The van der Waals surface area contributed by atoms with E-state index in [9.17, 15) is 9.59 Å². The Balaban J connectivity index is 3.35. The molecule has 0 spiro atoms. The Morgan fingerprint density at radius 2 is 1.36 bits per heavy atom. The highest BCUT2D eigenvalue weighted by atomic mass is 16.4. The van der Waals surface area contributed by atoms with Gasteiger partial charge < -0.3 is 15.8 Å². The Morgan fingerprint density at radius 1 is 0.786 bits per heavy atom. The van der Waals surface area contributed by atoms with E-state index < -0.39 is 5.97 Å². The van der Waals surface area contributed by atoms with Crippen molar-refractivity contribution in [1.82, 2.24) is 5.32 Å². The monoisotopic (exact) mass is 394 g/mol. The molecular weight excluding hydrogens is 352 g/mol. The van der Waals surface area contributed by atoms with Crippen molar-refractivity contribution in [3.63, 3.8) is 0 Å². The topological polar surface area (TPSA) is 90.3 Å². The van der Waals surface area contributed by atoms with Gasteiger partial charge in [-0.3, -0.25) is 9.59 Å². The van der Waals surface area contributed by atoms with Crippen molar-refractivity contribution < 1.29 is 14.7 Å². The van der Waals surface area contributed by atoms with E-state index in [2.05, 4.69) is 24.4 Å². The molecule has 0 radical (unpaired) electrons. The molecule has 0 saturated heterocycles. The summed E-state index contributed by atoms with van der Waals surface area (Å²) in [6.45, 7) is 2.45. The molecule has 0 saturated carbocycles. The molecule has 0 aromatic rings. The zero-order valence-electron chi connectivity index (χ0n) is 17.9. The lowest BCUT2D eigenvalue weighted by molar-refractivity contribution is -0.136. The number of rotatable bonds is 20. The molecule has 0 rings (SSSR count). The number of hydrogen-bond acceptors (Lipinski definition) is 3. The van der Waals surface area contributed by atoms with Crippen molar-refractivity contribution in [3.05, 3.63) is 12.2 Å². The van der Waals surface area contributed by atoms with E-state index in [0.717, 1.165) is 63.5 Å². The average molecular weight is 395 g/mol. The second-order valence-electron chi connectivity index (χ2n) is 7.58. The first kappa shape index (κ1) is 26.4. The number of carbonyl (C=O) groups excluding carboxylic acids is 1. The molecule has 0 unspecified atom stereocenters. The molecule has 5 heteroatoms. The fraction of sp³-hybridized carbons (Fsp3) is 0.783. The van der Waals surface area contributed by atoms with E-state index in [1.54, 1.807) is 0 Å². The van der Waals surface area contributed by atoms with Crippen molar-refractivity contribution in [2.24, 2.45) is 0 Å². The fourth-order valence-corrected chi connectivity index (χ4v) is 3.03. The summed E-state index contributed by atoms with van der Waals surface area (Å²) in [7, 11) is 0. The van der Waals surface area contributed by atoms with Gasteiger partial charge in [0.25, 0.3) is 0 Å². The molecule has 0 bridgehead atoms. The normalized spacial score (nSPS) is 11.0. The van der Waals surface area contributed by atoms with Crippen LogP contribution in [0.3, 0.4) is 0 Å². The molecule has 0 heterocycles. The van der Waals surface area contributed by atoms with Crippen LogP contribution in [0.4, 0.5) is 0 Å². The number of carbonyl (C=O) groups is 2. The van der Waals surface area contributed by atoms with Gasteiger partial charge in [0.2, 0.25) is 5.91 Å². The highest BCUT2D eigenvalue weighted by Gasteiger charge is 2.03. The van der Waals surface area contributed by atoms with Crippen LogP contribution in [0, 0.1) is 5.41 Å². The minimum Gasteiger partial charge on any atom is -0.481 e. The molecule has 28 heavy (non-hydrogen) atoms. The van der Waals surface area contributed by atoms with Gasteiger partial charge >= 0.3 is 5.97 Å². The molecule has 0 aliphatic heterocycles. The average Bonchev–Trinajstić information content (AvgIpc) is 2.65. The summed E-state index contributed by atoms with van der Waals surface area (Å²) < 4.78 is 0. The summed E-state index contributed by atoms with van der Waals surface area (Å²) in [5.41, 5.74) is 0.870. The number of nitrogens with one attached hydrogen (secondary N) is 2. The maximum atomic E-state index is 11.5. The summed E-state index contributed by atoms with van der Waals surface area (Å²) in [4.78, 5) is 21.9. The van der Waals surface area contributed by atoms with Gasteiger partial charge in [0, 0.05) is 18.7 Å². The molecule has 0 fully saturated rings. The maximum Gasteiger partial charge on any atom is 0.305 e. The molecule has 1 amide bonds. The molecular formula is C23H42N2O3. The largest absolute Gasteiger partial charge is 0.481 e. The third-order valence-electron chi connectivity index (χ3n) is 4.78. The van der Waals surface area contributed by atoms with Gasteiger partial charge in [0.15, 0.2) is 0 Å². The lowest BCUT2D eigenvalue weighted by atomic mass is 10.0. The Morgan fingerprint density at radius 3 is 2.04 bits per heavy atom.